The molecule has 0 spiro atoms. The molecule has 0 saturated carbocycles. The fraction of sp³-hybridized carbons (Fsp3) is 0.308. The van der Waals surface area contributed by atoms with Gasteiger partial charge in [0.15, 0.2) is 0 Å². The van der Waals surface area contributed by atoms with Crippen LogP contribution in [0.3, 0.4) is 0 Å². The van der Waals surface area contributed by atoms with E-state index in [1.165, 1.54) is 5.56 Å². The van der Waals surface area contributed by atoms with Crippen LogP contribution >= 0.6 is 11.8 Å². The maximum Gasteiger partial charge on any atom is 0.147 e. The Morgan fingerprint density at radius 2 is 2.13 bits per heavy atom. The van der Waals surface area contributed by atoms with E-state index < -0.39 is 0 Å². The van der Waals surface area contributed by atoms with Gasteiger partial charge in [0.05, 0.1) is 5.25 Å². The van der Waals surface area contributed by atoms with Gasteiger partial charge in [-0.15, -0.1) is 18.3 Å². The van der Waals surface area contributed by atoms with Crippen molar-refractivity contribution in [3.05, 3.63) is 48.6 Å². The normalized spacial score (nSPS) is 22.7. The molecule has 0 aromatic heterocycles. The molecule has 2 rings (SSSR count). The van der Waals surface area contributed by atoms with Crippen molar-refractivity contribution in [1.29, 1.82) is 0 Å². The summed E-state index contributed by atoms with van der Waals surface area (Å²) in [4.78, 5) is 11.7. The monoisotopic (exact) mass is 218 g/mol. The van der Waals surface area contributed by atoms with E-state index in [4.69, 9.17) is 0 Å². The average molecular weight is 218 g/mol. The van der Waals surface area contributed by atoms with Crippen LogP contribution in [0.15, 0.2) is 43.0 Å². The molecule has 1 heterocycles. The van der Waals surface area contributed by atoms with Crippen molar-refractivity contribution in [2.24, 2.45) is 0 Å². The van der Waals surface area contributed by atoms with Gasteiger partial charge in [-0.05, 0) is 5.56 Å². The smallest absolute Gasteiger partial charge is 0.147 e. The minimum atomic E-state index is 0.0879. The summed E-state index contributed by atoms with van der Waals surface area (Å²) in [5.41, 5.74) is 1.19. The van der Waals surface area contributed by atoms with E-state index in [1.54, 1.807) is 11.8 Å². The van der Waals surface area contributed by atoms with Crippen molar-refractivity contribution in [2.75, 3.05) is 5.75 Å². The second-order valence-electron chi connectivity index (χ2n) is 3.68. The predicted molar refractivity (Wildman–Crippen MR) is 65.3 cm³/mol. The molecular weight excluding hydrogens is 204 g/mol. The van der Waals surface area contributed by atoms with Crippen LogP contribution in [0.1, 0.15) is 17.9 Å². The van der Waals surface area contributed by atoms with Crippen LogP contribution in [0.4, 0.5) is 0 Å². The number of hydrogen-bond acceptors (Lipinski definition) is 2. The van der Waals surface area contributed by atoms with Crippen LogP contribution in [0, 0.1) is 0 Å². The Balaban J connectivity index is 2.24. The SMILES string of the molecule is C=CC(c1ccccc1)C1SCCC1=O. The number of allylic oxidation sites excluding steroid dienone is 1. The second-order valence-corrected chi connectivity index (χ2v) is 4.93. The van der Waals surface area contributed by atoms with Gasteiger partial charge in [-0.1, -0.05) is 36.4 Å². The van der Waals surface area contributed by atoms with Crippen molar-refractivity contribution in [1.82, 2.24) is 0 Å². The molecule has 78 valence electrons. The van der Waals surface area contributed by atoms with E-state index >= 15 is 0 Å². The molecule has 0 N–H and O–H groups in total. The zero-order chi connectivity index (χ0) is 10.7. The Hall–Kier alpha value is -1.02. The number of carbonyl (C=O) groups is 1. The molecule has 1 aromatic carbocycles. The van der Waals surface area contributed by atoms with E-state index in [1.807, 2.05) is 24.3 Å². The Labute approximate surface area is 94.6 Å². The first-order valence-corrected chi connectivity index (χ1v) is 6.19. The molecule has 1 nitrogen and oxygen atoms in total. The first kappa shape index (κ1) is 10.5. The molecule has 1 aromatic rings. The summed E-state index contributed by atoms with van der Waals surface area (Å²) >= 11 is 1.76. The molecule has 1 aliphatic rings. The fourth-order valence-corrected chi connectivity index (χ4v) is 3.29. The predicted octanol–water partition coefficient (Wildman–Crippen LogP) is 3.03. The van der Waals surface area contributed by atoms with Crippen LogP contribution in [0.25, 0.3) is 0 Å². The highest BCUT2D eigenvalue weighted by molar-refractivity contribution is 8.01. The lowest BCUT2D eigenvalue weighted by molar-refractivity contribution is -0.117. The van der Waals surface area contributed by atoms with Crippen molar-refractivity contribution in [3.8, 4) is 0 Å². The van der Waals surface area contributed by atoms with E-state index in [2.05, 4.69) is 18.7 Å². The molecule has 0 aliphatic carbocycles. The average Bonchev–Trinajstić information content (AvgIpc) is 2.68. The summed E-state index contributed by atoms with van der Waals surface area (Å²) in [6, 6.07) is 10.1. The van der Waals surface area contributed by atoms with Crippen LogP contribution in [0.2, 0.25) is 0 Å². The molecule has 2 unspecified atom stereocenters. The summed E-state index contributed by atoms with van der Waals surface area (Å²) < 4.78 is 0. The highest BCUT2D eigenvalue weighted by Crippen LogP contribution is 2.35. The summed E-state index contributed by atoms with van der Waals surface area (Å²) in [6.45, 7) is 3.85. The third-order valence-corrected chi connectivity index (χ3v) is 4.08. The second kappa shape index (κ2) is 4.67. The largest absolute Gasteiger partial charge is 0.298 e. The number of benzene rings is 1. The topological polar surface area (TPSA) is 17.1 Å². The standard InChI is InChI=1S/C13H14OS/c1-2-11(10-6-4-3-5-7-10)13-12(14)8-9-15-13/h2-7,11,13H,1,8-9H2. The molecule has 2 atom stereocenters. The Kier molecular flexibility index (Phi) is 3.27. The number of thioether (sulfide) groups is 1. The van der Waals surface area contributed by atoms with E-state index in [0.717, 1.165) is 5.75 Å². The summed E-state index contributed by atoms with van der Waals surface area (Å²) in [6.07, 6.45) is 2.61. The fourth-order valence-electron chi connectivity index (χ4n) is 1.94. The number of carbonyl (C=O) groups excluding carboxylic acids is 1. The maximum absolute atomic E-state index is 11.7. The van der Waals surface area contributed by atoms with Crippen molar-refractivity contribution >= 4 is 17.5 Å². The Bertz CT molecular complexity index is 358. The third kappa shape index (κ3) is 2.15. The first-order valence-electron chi connectivity index (χ1n) is 5.15. The summed E-state index contributed by atoms with van der Waals surface area (Å²) in [5.74, 6) is 1.50. The van der Waals surface area contributed by atoms with Crippen molar-refractivity contribution < 1.29 is 4.79 Å². The van der Waals surface area contributed by atoms with Crippen LogP contribution in [-0.4, -0.2) is 16.8 Å². The van der Waals surface area contributed by atoms with E-state index in [9.17, 15) is 4.79 Å². The van der Waals surface area contributed by atoms with Gasteiger partial charge in [-0.25, -0.2) is 0 Å². The molecule has 0 bridgehead atoms. The van der Waals surface area contributed by atoms with Crippen LogP contribution in [0.5, 0.6) is 0 Å². The molecule has 2 heteroatoms. The van der Waals surface area contributed by atoms with Gasteiger partial charge in [-0.3, -0.25) is 4.79 Å². The number of Topliss-reactive ketones (excluding diaryl/α,β-unsaturated/α-hetero) is 1. The van der Waals surface area contributed by atoms with Gasteiger partial charge in [0.25, 0.3) is 0 Å². The molecular formula is C13H14OS. The molecule has 1 aliphatic heterocycles. The van der Waals surface area contributed by atoms with Crippen LogP contribution in [-0.2, 0) is 4.79 Å². The summed E-state index contributed by atoms with van der Waals surface area (Å²) in [5, 5.41) is 0.0879. The Morgan fingerprint density at radius 1 is 1.40 bits per heavy atom. The van der Waals surface area contributed by atoms with Crippen molar-refractivity contribution in [3.63, 3.8) is 0 Å². The highest BCUT2D eigenvalue weighted by Gasteiger charge is 2.31. The zero-order valence-electron chi connectivity index (χ0n) is 8.56. The minimum Gasteiger partial charge on any atom is -0.298 e. The van der Waals surface area contributed by atoms with Gasteiger partial charge in [0, 0.05) is 18.1 Å². The van der Waals surface area contributed by atoms with Gasteiger partial charge in [-0.2, -0.15) is 0 Å². The van der Waals surface area contributed by atoms with E-state index in [-0.39, 0.29) is 11.2 Å². The highest BCUT2D eigenvalue weighted by atomic mass is 32.2. The number of ketones is 1. The molecule has 1 saturated heterocycles. The quantitative estimate of drug-likeness (QED) is 0.725. The molecule has 0 radical (unpaired) electrons. The third-order valence-electron chi connectivity index (χ3n) is 2.73. The van der Waals surface area contributed by atoms with Crippen molar-refractivity contribution in [2.45, 2.75) is 17.6 Å². The zero-order valence-corrected chi connectivity index (χ0v) is 9.37. The summed E-state index contributed by atoms with van der Waals surface area (Å²) in [7, 11) is 0. The lowest BCUT2D eigenvalue weighted by Crippen LogP contribution is -2.18. The molecule has 15 heavy (non-hydrogen) atoms. The van der Waals surface area contributed by atoms with Crippen LogP contribution < -0.4 is 0 Å². The number of hydrogen-bond donors (Lipinski definition) is 0. The van der Waals surface area contributed by atoms with Gasteiger partial charge < -0.3 is 0 Å². The Morgan fingerprint density at radius 3 is 2.67 bits per heavy atom. The molecule has 0 amide bonds. The lowest BCUT2D eigenvalue weighted by Gasteiger charge is -2.18. The van der Waals surface area contributed by atoms with Gasteiger partial charge >= 0.3 is 0 Å². The maximum atomic E-state index is 11.7. The number of rotatable bonds is 3. The van der Waals surface area contributed by atoms with E-state index in [0.29, 0.717) is 12.2 Å². The van der Waals surface area contributed by atoms with Gasteiger partial charge in [0.1, 0.15) is 5.78 Å². The first-order chi connectivity index (χ1) is 7.33. The van der Waals surface area contributed by atoms with Gasteiger partial charge in [0.2, 0.25) is 0 Å². The minimum absolute atomic E-state index is 0.0879. The lowest BCUT2D eigenvalue weighted by atomic mass is 9.93. The molecule has 1 fully saturated rings.